The zero-order valence-electron chi connectivity index (χ0n) is 13.9. The van der Waals surface area contributed by atoms with E-state index in [2.05, 4.69) is 24.4 Å². The molecule has 0 aliphatic rings. The van der Waals surface area contributed by atoms with E-state index in [0.29, 0.717) is 6.61 Å². The number of benzene rings is 2. The minimum absolute atomic E-state index is 0.222. The number of halogens is 1. The van der Waals surface area contributed by atoms with E-state index in [1.165, 1.54) is 43.4 Å². The number of nitrogens with one attached hydrogen (secondary N) is 1. The molecule has 0 spiro atoms. The van der Waals surface area contributed by atoms with Crippen LogP contribution in [0.25, 0.3) is 0 Å². The fourth-order valence-electron chi connectivity index (χ4n) is 2.40. The fourth-order valence-corrected chi connectivity index (χ4v) is 2.40. The maximum absolute atomic E-state index is 12.9. The Morgan fingerprint density at radius 2 is 1.78 bits per heavy atom. The summed E-state index contributed by atoms with van der Waals surface area (Å²) in [6, 6.07) is 14.5. The van der Waals surface area contributed by atoms with E-state index in [0.717, 1.165) is 24.4 Å². The highest BCUT2D eigenvalue weighted by molar-refractivity contribution is 5.29. The molecule has 0 bridgehead atoms. The van der Waals surface area contributed by atoms with Crippen molar-refractivity contribution in [2.24, 2.45) is 0 Å². The van der Waals surface area contributed by atoms with E-state index in [4.69, 9.17) is 4.74 Å². The molecule has 0 heterocycles. The van der Waals surface area contributed by atoms with Crippen molar-refractivity contribution in [3.63, 3.8) is 0 Å². The van der Waals surface area contributed by atoms with Gasteiger partial charge in [0.05, 0.1) is 0 Å². The van der Waals surface area contributed by atoms with Crippen molar-refractivity contribution in [2.45, 2.75) is 45.8 Å². The number of hydrogen-bond acceptors (Lipinski definition) is 2. The third kappa shape index (κ3) is 6.83. The van der Waals surface area contributed by atoms with Crippen LogP contribution < -0.4 is 10.1 Å². The van der Waals surface area contributed by atoms with E-state index in [-0.39, 0.29) is 5.82 Å². The van der Waals surface area contributed by atoms with Crippen LogP contribution in [-0.4, -0.2) is 6.54 Å². The molecule has 0 saturated carbocycles. The lowest BCUT2D eigenvalue weighted by atomic mass is 10.2. The second-order valence-corrected chi connectivity index (χ2v) is 5.80. The van der Waals surface area contributed by atoms with Gasteiger partial charge in [0.1, 0.15) is 18.2 Å². The first kappa shape index (κ1) is 17.5. The second-order valence-electron chi connectivity index (χ2n) is 5.80. The Bertz CT molecular complexity index is 568. The highest BCUT2D eigenvalue weighted by atomic mass is 19.1. The molecule has 0 saturated heterocycles. The molecule has 0 atom stereocenters. The van der Waals surface area contributed by atoms with Crippen molar-refractivity contribution >= 4 is 0 Å². The third-order valence-corrected chi connectivity index (χ3v) is 3.75. The summed E-state index contributed by atoms with van der Waals surface area (Å²) < 4.78 is 18.7. The molecule has 0 amide bonds. The largest absolute Gasteiger partial charge is 0.489 e. The van der Waals surface area contributed by atoms with Gasteiger partial charge in [-0.1, -0.05) is 50.5 Å². The zero-order valence-corrected chi connectivity index (χ0v) is 13.9. The molecular formula is C20H26FNO. The molecule has 2 aromatic carbocycles. The van der Waals surface area contributed by atoms with Crippen LogP contribution in [0.3, 0.4) is 0 Å². The smallest absolute Gasteiger partial charge is 0.123 e. The van der Waals surface area contributed by atoms with Crippen LogP contribution in [0.2, 0.25) is 0 Å². The standard InChI is InChI=1S/C20H26FNO/c1-2-3-4-5-13-22-15-18-7-6-8-20(14-18)23-16-17-9-11-19(21)12-10-17/h6-12,14,22H,2-5,13,15-16H2,1H3. The summed E-state index contributed by atoms with van der Waals surface area (Å²) in [7, 11) is 0. The van der Waals surface area contributed by atoms with Gasteiger partial charge >= 0.3 is 0 Å². The van der Waals surface area contributed by atoms with Crippen molar-refractivity contribution in [1.29, 1.82) is 0 Å². The van der Waals surface area contributed by atoms with Crippen LogP contribution in [0.1, 0.15) is 43.7 Å². The number of rotatable bonds is 10. The topological polar surface area (TPSA) is 21.3 Å². The van der Waals surface area contributed by atoms with Gasteiger partial charge in [-0.15, -0.1) is 0 Å². The van der Waals surface area contributed by atoms with Crippen molar-refractivity contribution in [2.75, 3.05) is 6.54 Å². The molecule has 3 heteroatoms. The average molecular weight is 315 g/mol. The molecular weight excluding hydrogens is 289 g/mol. The summed E-state index contributed by atoms with van der Waals surface area (Å²) >= 11 is 0. The Morgan fingerprint density at radius 3 is 2.57 bits per heavy atom. The van der Waals surface area contributed by atoms with Crippen LogP contribution in [0.5, 0.6) is 5.75 Å². The minimum Gasteiger partial charge on any atom is -0.489 e. The summed E-state index contributed by atoms with van der Waals surface area (Å²) in [5.74, 6) is 0.625. The van der Waals surface area contributed by atoms with Gasteiger partial charge in [0.2, 0.25) is 0 Å². The van der Waals surface area contributed by atoms with Crippen molar-refractivity contribution in [3.05, 3.63) is 65.5 Å². The molecule has 0 aliphatic carbocycles. The second kappa shape index (κ2) is 10.0. The maximum Gasteiger partial charge on any atom is 0.123 e. The van der Waals surface area contributed by atoms with Crippen molar-refractivity contribution < 1.29 is 9.13 Å². The van der Waals surface area contributed by atoms with E-state index < -0.39 is 0 Å². The Labute approximate surface area is 138 Å². The highest BCUT2D eigenvalue weighted by Gasteiger charge is 1.99. The fraction of sp³-hybridized carbons (Fsp3) is 0.400. The van der Waals surface area contributed by atoms with Crippen LogP contribution in [-0.2, 0) is 13.2 Å². The Hall–Kier alpha value is -1.87. The van der Waals surface area contributed by atoms with Crippen LogP contribution in [0.15, 0.2) is 48.5 Å². The van der Waals surface area contributed by atoms with Crippen LogP contribution in [0.4, 0.5) is 4.39 Å². The lowest BCUT2D eigenvalue weighted by Crippen LogP contribution is -2.14. The molecule has 0 aromatic heterocycles. The number of unbranched alkanes of at least 4 members (excludes halogenated alkanes) is 3. The monoisotopic (exact) mass is 315 g/mol. The third-order valence-electron chi connectivity index (χ3n) is 3.75. The first-order valence-corrected chi connectivity index (χ1v) is 8.45. The van der Waals surface area contributed by atoms with Crippen LogP contribution in [0, 0.1) is 5.82 Å². The van der Waals surface area contributed by atoms with E-state index in [1.54, 1.807) is 12.1 Å². The molecule has 2 aromatic rings. The van der Waals surface area contributed by atoms with Gasteiger partial charge in [0.25, 0.3) is 0 Å². The van der Waals surface area contributed by atoms with E-state index in [9.17, 15) is 4.39 Å². The zero-order chi connectivity index (χ0) is 16.3. The minimum atomic E-state index is -0.222. The molecule has 2 rings (SSSR count). The summed E-state index contributed by atoms with van der Waals surface area (Å²) in [4.78, 5) is 0. The molecule has 124 valence electrons. The van der Waals surface area contributed by atoms with Gasteiger partial charge < -0.3 is 10.1 Å². The van der Waals surface area contributed by atoms with Crippen molar-refractivity contribution in [1.82, 2.24) is 5.32 Å². The van der Waals surface area contributed by atoms with Gasteiger partial charge in [-0.05, 0) is 48.4 Å². The molecule has 0 radical (unpaired) electrons. The van der Waals surface area contributed by atoms with Gasteiger partial charge in [0.15, 0.2) is 0 Å². The predicted octanol–water partition coefficient (Wildman–Crippen LogP) is 5.07. The lowest BCUT2D eigenvalue weighted by Gasteiger charge is -2.09. The quantitative estimate of drug-likeness (QED) is 0.618. The van der Waals surface area contributed by atoms with Gasteiger partial charge in [0, 0.05) is 6.54 Å². The average Bonchev–Trinajstić information content (AvgIpc) is 2.58. The molecule has 0 aliphatic heterocycles. The predicted molar refractivity (Wildman–Crippen MR) is 93.0 cm³/mol. The highest BCUT2D eigenvalue weighted by Crippen LogP contribution is 2.15. The van der Waals surface area contributed by atoms with Gasteiger partial charge in [-0.2, -0.15) is 0 Å². The number of hydrogen-bond donors (Lipinski definition) is 1. The van der Waals surface area contributed by atoms with E-state index in [1.807, 2.05) is 12.1 Å². The van der Waals surface area contributed by atoms with Gasteiger partial charge in [-0.3, -0.25) is 0 Å². The van der Waals surface area contributed by atoms with E-state index >= 15 is 0 Å². The molecule has 2 nitrogen and oxygen atoms in total. The molecule has 1 N–H and O–H groups in total. The molecule has 0 unspecified atom stereocenters. The van der Waals surface area contributed by atoms with Crippen molar-refractivity contribution in [3.8, 4) is 5.75 Å². The lowest BCUT2D eigenvalue weighted by molar-refractivity contribution is 0.305. The molecule has 23 heavy (non-hydrogen) atoms. The summed E-state index contributed by atoms with van der Waals surface area (Å²) in [6.07, 6.45) is 5.11. The Morgan fingerprint density at radius 1 is 0.957 bits per heavy atom. The first-order chi connectivity index (χ1) is 11.3. The summed E-state index contributed by atoms with van der Waals surface area (Å²) in [5.41, 5.74) is 2.18. The molecule has 0 fully saturated rings. The Balaban J connectivity index is 1.74. The first-order valence-electron chi connectivity index (χ1n) is 8.45. The van der Waals surface area contributed by atoms with Crippen LogP contribution >= 0.6 is 0 Å². The number of ether oxygens (including phenoxy) is 1. The normalized spacial score (nSPS) is 10.7. The maximum atomic E-state index is 12.9. The summed E-state index contributed by atoms with van der Waals surface area (Å²) in [5, 5.41) is 3.47. The summed E-state index contributed by atoms with van der Waals surface area (Å²) in [6.45, 7) is 4.60. The SMILES string of the molecule is CCCCCCNCc1cccc(OCc2ccc(F)cc2)c1. The Kier molecular flexibility index (Phi) is 7.61. The van der Waals surface area contributed by atoms with Gasteiger partial charge in [-0.25, -0.2) is 4.39 Å².